The van der Waals surface area contributed by atoms with Crippen LogP contribution in [0.3, 0.4) is 0 Å². The van der Waals surface area contributed by atoms with Gasteiger partial charge in [0, 0.05) is 39.1 Å². The van der Waals surface area contributed by atoms with Crippen molar-refractivity contribution in [3.8, 4) is 0 Å². The first kappa shape index (κ1) is 23.0. The number of alkyl carbamates (subject to hydrolysis) is 1. The third-order valence-electron chi connectivity index (χ3n) is 4.46. The lowest BCUT2D eigenvalue weighted by Gasteiger charge is -2.40. The molecule has 1 fully saturated rings. The van der Waals surface area contributed by atoms with E-state index in [4.69, 9.17) is 4.74 Å². The number of alkyl halides is 3. The van der Waals surface area contributed by atoms with Gasteiger partial charge in [0.15, 0.2) is 0 Å². The number of rotatable bonds is 5. The van der Waals surface area contributed by atoms with Crippen molar-refractivity contribution in [1.82, 2.24) is 15.1 Å². The number of carbonyl (C=O) groups is 2. The summed E-state index contributed by atoms with van der Waals surface area (Å²) in [5, 5.41) is 2.51. The van der Waals surface area contributed by atoms with Crippen molar-refractivity contribution in [3.05, 3.63) is 35.9 Å². The summed E-state index contributed by atoms with van der Waals surface area (Å²) in [6.45, 7) is 6.01. The van der Waals surface area contributed by atoms with Crippen LogP contribution in [0.15, 0.2) is 30.3 Å². The van der Waals surface area contributed by atoms with Crippen molar-refractivity contribution in [2.75, 3.05) is 32.7 Å². The van der Waals surface area contributed by atoms with Crippen LogP contribution >= 0.6 is 0 Å². The Kier molecular flexibility index (Phi) is 7.51. The van der Waals surface area contributed by atoms with Gasteiger partial charge in [0.1, 0.15) is 11.6 Å². The molecule has 1 N–H and O–H groups in total. The molecule has 1 aliphatic heterocycles. The number of benzene rings is 1. The molecule has 1 saturated heterocycles. The molecule has 1 unspecified atom stereocenters. The van der Waals surface area contributed by atoms with Crippen molar-refractivity contribution in [3.63, 3.8) is 0 Å². The van der Waals surface area contributed by atoms with Crippen molar-refractivity contribution in [1.29, 1.82) is 0 Å². The summed E-state index contributed by atoms with van der Waals surface area (Å²) in [5.41, 5.74) is -0.431. The molecule has 162 valence electrons. The van der Waals surface area contributed by atoms with E-state index >= 15 is 0 Å². The standard InChI is InChI=1S/C20H28F3N3O3/c1-19(2,3)29-18(28)24-10-9-16(27)25-11-13-26(14-12-25)17(20(21,22)23)15-7-5-4-6-8-15/h4-8,17H,9-14H2,1-3H3,(H,24,28). The molecule has 9 heteroatoms. The van der Waals surface area contributed by atoms with E-state index in [1.54, 1.807) is 39.0 Å². The molecular formula is C20H28F3N3O3. The predicted molar refractivity (Wildman–Crippen MR) is 102 cm³/mol. The lowest BCUT2D eigenvalue weighted by molar-refractivity contribution is -0.190. The molecule has 29 heavy (non-hydrogen) atoms. The Morgan fingerprint density at radius 2 is 1.66 bits per heavy atom. The van der Waals surface area contributed by atoms with E-state index in [0.717, 1.165) is 0 Å². The lowest BCUT2D eigenvalue weighted by atomic mass is 10.0. The van der Waals surface area contributed by atoms with Gasteiger partial charge in [0.05, 0.1) is 0 Å². The highest BCUT2D eigenvalue weighted by molar-refractivity contribution is 5.77. The fourth-order valence-corrected chi connectivity index (χ4v) is 3.22. The minimum absolute atomic E-state index is 0.0701. The second-order valence-electron chi connectivity index (χ2n) is 7.95. The quantitative estimate of drug-likeness (QED) is 0.801. The molecule has 2 amide bonds. The number of hydrogen-bond donors (Lipinski definition) is 1. The minimum Gasteiger partial charge on any atom is -0.444 e. The van der Waals surface area contributed by atoms with Gasteiger partial charge in [-0.25, -0.2) is 4.79 Å². The van der Waals surface area contributed by atoms with Crippen LogP contribution in [-0.2, 0) is 9.53 Å². The average molecular weight is 415 g/mol. The number of amides is 2. The number of halogens is 3. The van der Waals surface area contributed by atoms with Crippen LogP contribution in [0.1, 0.15) is 38.8 Å². The van der Waals surface area contributed by atoms with Crippen molar-refractivity contribution < 1.29 is 27.5 Å². The third-order valence-corrected chi connectivity index (χ3v) is 4.46. The Morgan fingerprint density at radius 3 is 2.17 bits per heavy atom. The molecule has 0 bridgehead atoms. The molecular weight excluding hydrogens is 387 g/mol. The molecule has 1 atom stereocenters. The van der Waals surface area contributed by atoms with Crippen LogP contribution in [0.25, 0.3) is 0 Å². The largest absolute Gasteiger partial charge is 0.444 e. The van der Waals surface area contributed by atoms with Crippen LogP contribution in [0, 0.1) is 0 Å². The van der Waals surface area contributed by atoms with E-state index in [9.17, 15) is 22.8 Å². The van der Waals surface area contributed by atoms with E-state index in [2.05, 4.69) is 5.32 Å². The topological polar surface area (TPSA) is 61.9 Å². The highest BCUT2D eigenvalue weighted by Gasteiger charge is 2.45. The van der Waals surface area contributed by atoms with Gasteiger partial charge in [0.2, 0.25) is 5.91 Å². The molecule has 6 nitrogen and oxygen atoms in total. The summed E-state index contributed by atoms with van der Waals surface area (Å²) in [5.74, 6) is -0.205. The molecule has 1 aliphatic rings. The zero-order chi connectivity index (χ0) is 21.7. The maximum absolute atomic E-state index is 13.6. The Morgan fingerprint density at radius 1 is 1.07 bits per heavy atom. The van der Waals surface area contributed by atoms with E-state index in [-0.39, 0.29) is 50.6 Å². The van der Waals surface area contributed by atoms with Gasteiger partial charge >= 0.3 is 12.3 Å². The second kappa shape index (κ2) is 9.47. The van der Waals surface area contributed by atoms with Crippen LogP contribution in [0.2, 0.25) is 0 Å². The maximum atomic E-state index is 13.6. The highest BCUT2D eigenvalue weighted by atomic mass is 19.4. The summed E-state index contributed by atoms with van der Waals surface area (Å²) in [7, 11) is 0. The van der Waals surface area contributed by atoms with E-state index in [0.29, 0.717) is 0 Å². The Balaban J connectivity index is 1.84. The summed E-state index contributed by atoms with van der Waals surface area (Å²) in [6, 6.07) is 6.11. The maximum Gasteiger partial charge on any atom is 0.408 e. The lowest BCUT2D eigenvalue weighted by Crippen LogP contribution is -2.52. The first-order valence-electron chi connectivity index (χ1n) is 9.58. The number of hydrogen-bond acceptors (Lipinski definition) is 4. The van der Waals surface area contributed by atoms with Gasteiger partial charge in [-0.3, -0.25) is 9.69 Å². The van der Waals surface area contributed by atoms with E-state index in [1.165, 1.54) is 21.9 Å². The number of piperazine rings is 1. The smallest absolute Gasteiger partial charge is 0.408 e. The average Bonchev–Trinajstić information content (AvgIpc) is 2.60. The molecule has 1 aromatic carbocycles. The van der Waals surface area contributed by atoms with Gasteiger partial charge in [0.25, 0.3) is 0 Å². The van der Waals surface area contributed by atoms with E-state index < -0.39 is 23.9 Å². The van der Waals surface area contributed by atoms with Crippen LogP contribution in [-0.4, -0.2) is 66.3 Å². The minimum atomic E-state index is -4.40. The Hall–Kier alpha value is -2.29. The first-order valence-corrected chi connectivity index (χ1v) is 9.58. The van der Waals surface area contributed by atoms with Gasteiger partial charge < -0.3 is 15.0 Å². The SMILES string of the molecule is CC(C)(C)OC(=O)NCCC(=O)N1CCN(C(c2ccccc2)C(F)(F)F)CC1. The molecule has 0 spiro atoms. The van der Waals surface area contributed by atoms with Crippen LogP contribution in [0.5, 0.6) is 0 Å². The van der Waals surface area contributed by atoms with Crippen molar-refractivity contribution in [2.24, 2.45) is 0 Å². The van der Waals surface area contributed by atoms with Gasteiger partial charge in [-0.2, -0.15) is 13.2 Å². The van der Waals surface area contributed by atoms with Crippen LogP contribution < -0.4 is 5.32 Å². The van der Waals surface area contributed by atoms with Gasteiger partial charge in [-0.05, 0) is 26.3 Å². The van der Waals surface area contributed by atoms with Gasteiger partial charge in [-0.15, -0.1) is 0 Å². The molecule has 0 saturated carbocycles. The normalized spacial score (nSPS) is 17.0. The van der Waals surface area contributed by atoms with Crippen LogP contribution in [0.4, 0.5) is 18.0 Å². The molecule has 1 aromatic rings. The molecule has 2 rings (SSSR count). The monoisotopic (exact) mass is 415 g/mol. The number of nitrogens with one attached hydrogen (secondary N) is 1. The predicted octanol–water partition coefficient (Wildman–Crippen LogP) is 3.35. The summed E-state index contributed by atoms with van der Waals surface area (Å²) < 4.78 is 46.0. The van der Waals surface area contributed by atoms with E-state index in [1.807, 2.05) is 0 Å². The second-order valence-corrected chi connectivity index (χ2v) is 7.95. The molecule has 0 aromatic heterocycles. The summed E-state index contributed by atoms with van der Waals surface area (Å²) in [6.07, 6.45) is -4.93. The fraction of sp³-hybridized carbons (Fsp3) is 0.600. The zero-order valence-electron chi connectivity index (χ0n) is 17.0. The molecule has 0 radical (unpaired) electrons. The Bertz CT molecular complexity index is 682. The number of ether oxygens (including phenoxy) is 1. The fourth-order valence-electron chi connectivity index (χ4n) is 3.22. The molecule has 0 aliphatic carbocycles. The summed E-state index contributed by atoms with van der Waals surface area (Å²) in [4.78, 5) is 26.8. The highest BCUT2D eigenvalue weighted by Crippen LogP contribution is 2.38. The van der Waals surface area contributed by atoms with Crippen molar-refractivity contribution >= 4 is 12.0 Å². The van der Waals surface area contributed by atoms with Gasteiger partial charge in [-0.1, -0.05) is 30.3 Å². The zero-order valence-corrected chi connectivity index (χ0v) is 17.0. The number of nitrogens with zero attached hydrogens (tertiary/aromatic N) is 2. The Labute approximate surface area is 169 Å². The first-order chi connectivity index (χ1) is 13.5. The van der Waals surface area contributed by atoms with Crippen molar-refractivity contribution in [2.45, 2.75) is 45.0 Å². The number of carbonyl (C=O) groups excluding carboxylic acids is 2. The summed E-state index contributed by atoms with van der Waals surface area (Å²) >= 11 is 0. The third kappa shape index (κ3) is 7.23. The molecule has 1 heterocycles.